The molecular formula is C36H55N9O4. The smallest absolute Gasteiger partial charge is 0.243 e. The van der Waals surface area contributed by atoms with Crippen LogP contribution in [-0.4, -0.2) is 63.2 Å². The molecule has 2 heterocycles. The summed E-state index contributed by atoms with van der Waals surface area (Å²) in [5.74, 6) is 2.14. The van der Waals surface area contributed by atoms with Gasteiger partial charge in [-0.2, -0.15) is 0 Å². The van der Waals surface area contributed by atoms with Crippen LogP contribution in [0.1, 0.15) is 87.3 Å². The summed E-state index contributed by atoms with van der Waals surface area (Å²) in [7, 11) is 0. The van der Waals surface area contributed by atoms with Gasteiger partial charge in [-0.25, -0.2) is 9.98 Å². The third-order valence-electron chi connectivity index (χ3n) is 11.7. The first-order valence-corrected chi connectivity index (χ1v) is 18.1. The van der Waals surface area contributed by atoms with Gasteiger partial charge in [0, 0.05) is 25.4 Å². The SMILES string of the molecule is Cc1cc(O)cc(C)c1CC(NC(=O)C(N)CCCn1ccnc1N)C(=O)N[C@H](CCCN)C1(CC23CC4CC(CC(C4)C2)C3)N=CON1. The molecule has 0 radical (unpaired) electrons. The van der Waals surface area contributed by atoms with E-state index in [1.807, 2.05) is 13.8 Å². The first kappa shape index (κ1) is 35.2. The van der Waals surface area contributed by atoms with E-state index in [0.717, 1.165) is 40.9 Å². The van der Waals surface area contributed by atoms with Gasteiger partial charge in [0.2, 0.25) is 11.8 Å². The summed E-state index contributed by atoms with van der Waals surface area (Å²) in [5.41, 5.74) is 23.4. The molecule has 1 aromatic heterocycles. The number of anilines is 1. The molecule has 3 unspecified atom stereocenters. The van der Waals surface area contributed by atoms with Gasteiger partial charge in [-0.05, 0) is 143 Å². The van der Waals surface area contributed by atoms with E-state index in [1.165, 1.54) is 44.9 Å². The van der Waals surface area contributed by atoms with Gasteiger partial charge in [0.1, 0.15) is 11.8 Å². The third-order valence-corrected chi connectivity index (χ3v) is 11.7. The maximum Gasteiger partial charge on any atom is 0.243 e. The summed E-state index contributed by atoms with van der Waals surface area (Å²) in [5, 5.41) is 16.5. The van der Waals surface area contributed by atoms with Crippen LogP contribution in [0.2, 0.25) is 0 Å². The predicted octanol–water partition coefficient (Wildman–Crippen LogP) is 2.71. The molecule has 13 nitrogen and oxygen atoms in total. The largest absolute Gasteiger partial charge is 0.508 e. The van der Waals surface area contributed by atoms with Gasteiger partial charge in [-0.1, -0.05) is 0 Å². The first-order valence-electron chi connectivity index (χ1n) is 18.1. The number of aromatic nitrogens is 2. The number of nitrogens with zero attached hydrogens (tertiary/aromatic N) is 3. The number of hydrogen-bond acceptors (Lipinski definition) is 10. The molecule has 0 saturated heterocycles. The van der Waals surface area contributed by atoms with Crippen molar-refractivity contribution in [2.45, 2.75) is 121 Å². The minimum absolute atomic E-state index is 0.153. The molecule has 4 aliphatic carbocycles. The molecule has 4 saturated carbocycles. The number of nitrogens with one attached hydrogen (secondary N) is 3. The quantitative estimate of drug-likeness (QED) is 0.139. The zero-order valence-corrected chi connectivity index (χ0v) is 29.0. The third kappa shape index (κ3) is 7.89. The summed E-state index contributed by atoms with van der Waals surface area (Å²) in [6.45, 7) is 4.83. The number of hydrogen-bond donors (Lipinski definition) is 7. The van der Waals surface area contributed by atoms with E-state index in [-0.39, 0.29) is 23.5 Å². The summed E-state index contributed by atoms with van der Waals surface area (Å²) in [6.07, 6.45) is 15.8. The van der Waals surface area contributed by atoms with Crippen molar-refractivity contribution < 1.29 is 19.5 Å². The molecule has 13 heteroatoms. The number of hydroxylamine groups is 1. The Kier molecular flexibility index (Phi) is 10.5. The molecule has 4 bridgehead atoms. The van der Waals surface area contributed by atoms with Crippen LogP contribution in [0.3, 0.4) is 0 Å². The molecule has 10 N–H and O–H groups in total. The topological polar surface area (TPSA) is 208 Å². The Morgan fingerprint density at radius 2 is 1.73 bits per heavy atom. The average molecular weight is 678 g/mol. The Morgan fingerprint density at radius 3 is 2.31 bits per heavy atom. The van der Waals surface area contributed by atoms with Crippen molar-refractivity contribution in [1.82, 2.24) is 25.7 Å². The molecule has 49 heavy (non-hydrogen) atoms. The van der Waals surface area contributed by atoms with Crippen LogP contribution < -0.4 is 33.3 Å². The maximum absolute atomic E-state index is 14.4. The maximum atomic E-state index is 14.4. The van der Waals surface area contributed by atoms with Crippen molar-refractivity contribution in [2.75, 3.05) is 12.3 Å². The number of imidazole rings is 1. The molecule has 1 aromatic carbocycles. The number of aryl methyl sites for hydroxylation is 3. The number of phenols is 1. The number of rotatable bonds is 16. The Balaban J connectivity index is 1.21. The van der Waals surface area contributed by atoms with Gasteiger partial charge in [-0.15, -0.1) is 5.48 Å². The van der Waals surface area contributed by atoms with Gasteiger partial charge >= 0.3 is 0 Å². The second-order valence-electron chi connectivity index (χ2n) is 15.5. The molecule has 5 aliphatic rings. The number of nitrogens with two attached hydrogens (primary N) is 3. The highest BCUT2D eigenvalue weighted by Gasteiger charge is 2.56. The van der Waals surface area contributed by atoms with Gasteiger partial charge < -0.3 is 42.3 Å². The van der Waals surface area contributed by atoms with Gasteiger partial charge in [0.15, 0.2) is 18.0 Å². The Morgan fingerprint density at radius 1 is 1.06 bits per heavy atom. The van der Waals surface area contributed by atoms with E-state index < -0.39 is 29.7 Å². The van der Waals surface area contributed by atoms with Gasteiger partial charge in [0.05, 0.1) is 12.1 Å². The van der Waals surface area contributed by atoms with Crippen LogP contribution >= 0.6 is 0 Å². The number of aliphatic imine (C=N–C) groups is 1. The lowest BCUT2D eigenvalue weighted by atomic mass is 9.48. The number of amides is 2. The van der Waals surface area contributed by atoms with Crippen LogP contribution in [0.15, 0.2) is 29.5 Å². The molecule has 0 spiro atoms. The lowest BCUT2D eigenvalue weighted by Gasteiger charge is -2.58. The molecule has 2 amide bonds. The van der Waals surface area contributed by atoms with Gasteiger partial charge in [0.25, 0.3) is 0 Å². The molecular weight excluding hydrogens is 622 g/mol. The van der Waals surface area contributed by atoms with Gasteiger partial charge in [-0.3, -0.25) is 9.59 Å². The minimum Gasteiger partial charge on any atom is -0.508 e. The van der Waals surface area contributed by atoms with Crippen molar-refractivity contribution in [2.24, 2.45) is 39.6 Å². The molecule has 268 valence electrons. The number of nitrogen functional groups attached to an aromatic ring is 1. The number of carbonyl (C=O) groups is 2. The van der Waals surface area contributed by atoms with Crippen LogP contribution in [0.5, 0.6) is 5.75 Å². The molecule has 4 atom stereocenters. The van der Waals surface area contributed by atoms with Crippen molar-refractivity contribution >= 4 is 24.2 Å². The van der Waals surface area contributed by atoms with Crippen molar-refractivity contribution in [3.63, 3.8) is 0 Å². The normalized spacial score (nSPS) is 28.6. The van der Waals surface area contributed by atoms with Crippen LogP contribution in [0.4, 0.5) is 5.95 Å². The van der Waals surface area contributed by atoms with E-state index in [0.29, 0.717) is 44.7 Å². The van der Waals surface area contributed by atoms with Crippen molar-refractivity contribution in [1.29, 1.82) is 0 Å². The monoisotopic (exact) mass is 677 g/mol. The van der Waals surface area contributed by atoms with E-state index in [2.05, 4.69) is 21.1 Å². The lowest BCUT2D eigenvalue weighted by molar-refractivity contribution is -0.131. The Bertz CT molecular complexity index is 1470. The zero-order chi connectivity index (χ0) is 34.8. The highest BCUT2D eigenvalue weighted by atomic mass is 16.7. The number of benzene rings is 1. The number of aromatic hydroxyl groups is 1. The fourth-order valence-corrected chi connectivity index (χ4v) is 9.87. The summed E-state index contributed by atoms with van der Waals surface area (Å²) < 4.78 is 1.81. The van der Waals surface area contributed by atoms with E-state index >= 15 is 0 Å². The Labute approximate surface area is 289 Å². The second kappa shape index (κ2) is 14.7. The van der Waals surface area contributed by atoms with Crippen molar-refractivity contribution in [3.8, 4) is 5.75 Å². The Hall–Kier alpha value is -3.68. The molecule has 2 aromatic rings. The predicted molar refractivity (Wildman–Crippen MR) is 188 cm³/mol. The molecule has 7 rings (SSSR count). The second-order valence-corrected chi connectivity index (χ2v) is 15.5. The summed E-state index contributed by atoms with van der Waals surface area (Å²) in [6, 6.07) is 1.17. The zero-order valence-electron chi connectivity index (χ0n) is 29.0. The lowest BCUT2D eigenvalue weighted by Crippen LogP contribution is -2.63. The fraction of sp³-hybridized carbons (Fsp3) is 0.667. The molecule has 1 aliphatic heterocycles. The van der Waals surface area contributed by atoms with E-state index in [9.17, 15) is 14.7 Å². The fourth-order valence-electron chi connectivity index (χ4n) is 9.87. The minimum atomic E-state index is -0.923. The van der Waals surface area contributed by atoms with Crippen LogP contribution in [0.25, 0.3) is 0 Å². The number of carbonyl (C=O) groups excluding carboxylic acids is 2. The average Bonchev–Trinajstić information content (AvgIpc) is 3.68. The number of phenolic OH excluding ortho intramolecular Hbond substituents is 1. The standard InChI is InChI=1S/C36H55N9O4/c1-22-11-27(46)12-23(2)28(22)16-30(42-32(47)29(38)5-4-9-45-10-8-40-34(45)39)33(48)43-31(6-3-7-37)36(41-21-49-44-36)20-35-17-24-13-25(18-35)15-26(14-24)19-35/h8,10-12,21,24-26,29-31,44,46H,3-7,9,13-20,37-38H2,1-2H3,(H2,39,40)(H,42,47)(H,43,48)/t24?,25?,26?,29?,30?,31-,35?,36?/m1/s1. The first-order chi connectivity index (χ1) is 23.5. The van der Waals surface area contributed by atoms with Crippen LogP contribution in [0, 0.1) is 37.0 Å². The van der Waals surface area contributed by atoms with Crippen LogP contribution in [-0.2, 0) is 27.4 Å². The highest BCUT2D eigenvalue weighted by Crippen LogP contribution is 2.62. The summed E-state index contributed by atoms with van der Waals surface area (Å²) in [4.78, 5) is 42.6. The summed E-state index contributed by atoms with van der Waals surface area (Å²) >= 11 is 0. The van der Waals surface area contributed by atoms with Crippen molar-refractivity contribution in [3.05, 3.63) is 41.2 Å². The van der Waals surface area contributed by atoms with E-state index in [4.69, 9.17) is 27.0 Å². The highest BCUT2D eigenvalue weighted by molar-refractivity contribution is 5.90. The van der Waals surface area contributed by atoms with E-state index in [1.54, 1.807) is 29.1 Å². The molecule has 4 fully saturated rings.